The Balaban J connectivity index is 2.29. The summed E-state index contributed by atoms with van der Waals surface area (Å²) in [6, 6.07) is 6.89. The summed E-state index contributed by atoms with van der Waals surface area (Å²) in [6.45, 7) is 0.569. The molecule has 1 rings (SSSR count). The number of ether oxygens (including phenoxy) is 2. The highest BCUT2D eigenvalue weighted by atomic mass is 35.5. The van der Waals surface area contributed by atoms with Gasteiger partial charge < -0.3 is 14.3 Å². The minimum atomic E-state index is -0.285. The Morgan fingerprint density at radius 1 is 1.10 bits per heavy atom. The lowest BCUT2D eigenvalue weighted by Crippen LogP contribution is -2.07. The maximum absolute atomic E-state index is 11.5. The summed E-state index contributed by atoms with van der Waals surface area (Å²) in [7, 11) is 0. The number of hydrogen-bond donors (Lipinski definition) is 0. The van der Waals surface area contributed by atoms with Gasteiger partial charge >= 0.3 is 5.97 Å². The van der Waals surface area contributed by atoms with Crippen LogP contribution in [0.4, 0.5) is 0 Å². The fourth-order valence-electron chi connectivity index (χ4n) is 1.53. The van der Waals surface area contributed by atoms with E-state index in [2.05, 4.69) is 0 Å². The van der Waals surface area contributed by atoms with E-state index < -0.39 is 0 Å². The maximum Gasteiger partial charge on any atom is 0.311 e. The van der Waals surface area contributed by atoms with Gasteiger partial charge in [-0.3, -0.25) is 4.79 Å². The third-order valence-corrected chi connectivity index (χ3v) is 2.82. The number of alkyl halides is 1. The van der Waals surface area contributed by atoms with Gasteiger partial charge in [-0.05, 0) is 43.5 Å². The molecule has 0 saturated carbocycles. The van der Waals surface area contributed by atoms with Crippen LogP contribution in [0, 0.1) is 0 Å². The smallest absolute Gasteiger partial charge is 0.311 e. The zero-order valence-electron chi connectivity index (χ0n) is 11.3. The Kier molecular flexibility index (Phi) is 8.47. The van der Waals surface area contributed by atoms with Gasteiger partial charge in [0.2, 0.25) is 0 Å². The zero-order chi connectivity index (χ0) is 14.6. The van der Waals surface area contributed by atoms with E-state index in [9.17, 15) is 9.59 Å². The molecule has 0 fully saturated rings. The molecular formula is C15H19ClO4. The van der Waals surface area contributed by atoms with Gasteiger partial charge in [0.15, 0.2) is 0 Å². The lowest BCUT2D eigenvalue weighted by Gasteiger charge is -2.07. The molecule has 4 nitrogen and oxygen atoms in total. The van der Waals surface area contributed by atoms with Crippen molar-refractivity contribution in [1.29, 1.82) is 0 Å². The van der Waals surface area contributed by atoms with E-state index in [-0.39, 0.29) is 5.97 Å². The van der Waals surface area contributed by atoms with Crippen LogP contribution >= 0.6 is 11.6 Å². The van der Waals surface area contributed by atoms with Crippen LogP contribution in [0.15, 0.2) is 24.3 Å². The summed E-state index contributed by atoms with van der Waals surface area (Å²) in [4.78, 5) is 21.6. The van der Waals surface area contributed by atoms with Crippen molar-refractivity contribution in [2.45, 2.75) is 32.1 Å². The number of hydrogen-bond acceptors (Lipinski definition) is 4. The number of carbonyl (C=O) groups excluding carboxylic acids is 2. The molecule has 0 saturated heterocycles. The molecule has 0 aliphatic heterocycles. The lowest BCUT2D eigenvalue weighted by atomic mass is 10.2. The molecule has 20 heavy (non-hydrogen) atoms. The zero-order valence-corrected chi connectivity index (χ0v) is 12.1. The summed E-state index contributed by atoms with van der Waals surface area (Å²) in [5.41, 5.74) is 0. The number of unbranched alkanes of at least 4 members (excludes halogenated alkanes) is 2. The molecule has 0 N–H and O–H groups in total. The topological polar surface area (TPSA) is 52.6 Å². The van der Waals surface area contributed by atoms with Crippen LogP contribution in [0.5, 0.6) is 11.5 Å². The predicted octanol–water partition coefficient (Wildman–Crippen LogP) is 3.36. The summed E-state index contributed by atoms with van der Waals surface area (Å²) >= 11 is 5.55. The van der Waals surface area contributed by atoms with Crippen molar-refractivity contribution in [1.82, 2.24) is 0 Å². The van der Waals surface area contributed by atoms with Crippen molar-refractivity contribution in [3.05, 3.63) is 24.3 Å². The van der Waals surface area contributed by atoms with Gasteiger partial charge in [-0.2, -0.15) is 0 Å². The second-order valence-corrected chi connectivity index (χ2v) is 4.63. The first-order valence-electron chi connectivity index (χ1n) is 6.69. The van der Waals surface area contributed by atoms with E-state index >= 15 is 0 Å². The normalized spacial score (nSPS) is 10.1. The minimum absolute atomic E-state index is 0.285. The van der Waals surface area contributed by atoms with Gasteiger partial charge in [0, 0.05) is 18.7 Å². The highest BCUT2D eigenvalue weighted by Crippen LogP contribution is 2.18. The van der Waals surface area contributed by atoms with Crippen molar-refractivity contribution in [2.75, 3.05) is 12.5 Å². The second-order valence-electron chi connectivity index (χ2n) is 4.25. The molecule has 0 aromatic heterocycles. The monoisotopic (exact) mass is 298 g/mol. The summed E-state index contributed by atoms with van der Waals surface area (Å²) in [6.07, 6.45) is 3.83. The van der Waals surface area contributed by atoms with Gasteiger partial charge in [-0.25, -0.2) is 0 Å². The van der Waals surface area contributed by atoms with Crippen LogP contribution < -0.4 is 9.47 Å². The van der Waals surface area contributed by atoms with E-state index in [1.165, 1.54) is 0 Å². The molecule has 0 spiro atoms. The third-order valence-electron chi connectivity index (χ3n) is 2.55. The van der Waals surface area contributed by atoms with Gasteiger partial charge in [0.05, 0.1) is 6.61 Å². The molecule has 0 bridgehead atoms. The summed E-state index contributed by atoms with van der Waals surface area (Å²) < 4.78 is 10.6. The first kappa shape index (κ1) is 16.5. The molecule has 0 atom stereocenters. The average molecular weight is 299 g/mol. The van der Waals surface area contributed by atoms with E-state index in [0.29, 0.717) is 43.9 Å². The Morgan fingerprint density at radius 3 is 2.45 bits per heavy atom. The van der Waals surface area contributed by atoms with Crippen LogP contribution in [-0.4, -0.2) is 24.7 Å². The molecule has 0 aliphatic carbocycles. The van der Waals surface area contributed by atoms with Crippen molar-refractivity contribution >= 4 is 23.9 Å². The van der Waals surface area contributed by atoms with Gasteiger partial charge in [0.25, 0.3) is 0 Å². The fourth-order valence-corrected chi connectivity index (χ4v) is 1.64. The van der Waals surface area contributed by atoms with Crippen LogP contribution in [0.25, 0.3) is 0 Å². The van der Waals surface area contributed by atoms with Gasteiger partial charge in [-0.1, -0.05) is 0 Å². The molecule has 0 heterocycles. The Morgan fingerprint density at radius 2 is 1.80 bits per heavy atom. The number of aldehydes is 1. The fraction of sp³-hybridized carbons (Fsp3) is 0.467. The minimum Gasteiger partial charge on any atom is -0.494 e. The number of carbonyl (C=O) groups is 2. The maximum atomic E-state index is 11.5. The average Bonchev–Trinajstić information content (AvgIpc) is 2.46. The van der Waals surface area contributed by atoms with Crippen LogP contribution in [0.1, 0.15) is 32.1 Å². The van der Waals surface area contributed by atoms with Crippen molar-refractivity contribution in [3.8, 4) is 11.5 Å². The summed E-state index contributed by atoms with van der Waals surface area (Å²) in [5.74, 6) is 1.50. The number of benzene rings is 1. The molecule has 0 unspecified atom stereocenters. The van der Waals surface area contributed by atoms with Gasteiger partial charge in [0.1, 0.15) is 17.8 Å². The molecule has 1 aromatic rings. The van der Waals surface area contributed by atoms with Gasteiger partial charge in [-0.15, -0.1) is 11.6 Å². The van der Waals surface area contributed by atoms with Crippen LogP contribution in [0.2, 0.25) is 0 Å². The molecule has 5 heteroatoms. The van der Waals surface area contributed by atoms with Crippen molar-refractivity contribution < 1.29 is 19.1 Å². The van der Waals surface area contributed by atoms with E-state index in [0.717, 1.165) is 18.5 Å². The largest absolute Gasteiger partial charge is 0.494 e. The molecule has 0 radical (unpaired) electrons. The number of halogens is 1. The molecular weight excluding hydrogens is 280 g/mol. The quantitative estimate of drug-likeness (QED) is 0.218. The highest BCUT2D eigenvalue weighted by Gasteiger charge is 2.04. The van der Waals surface area contributed by atoms with Crippen LogP contribution in [-0.2, 0) is 9.59 Å². The standard InChI is InChI=1S/C15H19ClO4/c16-10-4-12-19-13-6-8-14(9-7-13)20-15(18)5-2-1-3-11-17/h6-9,11H,1-5,10,12H2. The van der Waals surface area contributed by atoms with E-state index in [1.54, 1.807) is 24.3 Å². The Labute approximate surface area is 124 Å². The summed E-state index contributed by atoms with van der Waals surface area (Å²) in [5, 5.41) is 0. The third kappa shape index (κ3) is 7.14. The molecule has 1 aromatic carbocycles. The van der Waals surface area contributed by atoms with E-state index in [4.69, 9.17) is 21.1 Å². The molecule has 110 valence electrons. The van der Waals surface area contributed by atoms with Crippen LogP contribution in [0.3, 0.4) is 0 Å². The molecule has 0 aliphatic rings. The van der Waals surface area contributed by atoms with Crippen molar-refractivity contribution in [3.63, 3.8) is 0 Å². The molecule has 0 amide bonds. The SMILES string of the molecule is O=CCCCCC(=O)Oc1ccc(OCCCCl)cc1. The predicted molar refractivity (Wildman–Crippen MR) is 77.4 cm³/mol. The Hall–Kier alpha value is -1.55. The highest BCUT2D eigenvalue weighted by molar-refractivity contribution is 6.17. The first-order valence-corrected chi connectivity index (χ1v) is 7.23. The van der Waals surface area contributed by atoms with E-state index in [1.807, 2.05) is 0 Å². The number of rotatable bonds is 10. The number of esters is 1. The first-order chi connectivity index (χ1) is 9.76. The Bertz CT molecular complexity index is 403. The lowest BCUT2D eigenvalue weighted by molar-refractivity contribution is -0.134. The second kappa shape index (κ2) is 10.3. The van der Waals surface area contributed by atoms with Crippen molar-refractivity contribution in [2.24, 2.45) is 0 Å².